The van der Waals surface area contributed by atoms with Crippen molar-refractivity contribution in [3.05, 3.63) is 0 Å². The van der Waals surface area contributed by atoms with Gasteiger partial charge >= 0.3 is 7.60 Å². The largest absolute Gasteiger partial charge is 0.328 e. The van der Waals surface area contributed by atoms with Crippen molar-refractivity contribution in [3.63, 3.8) is 0 Å². The van der Waals surface area contributed by atoms with E-state index in [-0.39, 0.29) is 6.16 Å². The van der Waals surface area contributed by atoms with Crippen LogP contribution in [-0.2, 0) is 9.09 Å². The maximum atomic E-state index is 11.4. The van der Waals surface area contributed by atoms with Crippen LogP contribution in [0.2, 0.25) is 0 Å². The molecule has 0 aliphatic rings. The van der Waals surface area contributed by atoms with Crippen LogP contribution in [0.5, 0.6) is 0 Å². The Bertz CT molecular complexity index is 190. The van der Waals surface area contributed by atoms with Crippen LogP contribution >= 0.6 is 7.60 Å². The number of hydrogen-bond acceptors (Lipinski definition) is 2. The molecule has 0 saturated heterocycles. The number of rotatable bonds is 7. The van der Waals surface area contributed by atoms with Gasteiger partial charge in [0, 0.05) is 6.16 Å². The Balaban J connectivity index is 3.67. The lowest BCUT2D eigenvalue weighted by Gasteiger charge is -2.14. The van der Waals surface area contributed by atoms with E-state index in [9.17, 15) is 9.46 Å². The molecular formula is C10H23O3P. The first kappa shape index (κ1) is 14.2. The quantitative estimate of drug-likeness (QED) is 0.672. The van der Waals surface area contributed by atoms with Gasteiger partial charge in [0.1, 0.15) is 0 Å². The lowest BCUT2D eigenvalue weighted by molar-refractivity contribution is 0.228. The second-order valence-corrected chi connectivity index (χ2v) is 6.57. The first-order valence-corrected chi connectivity index (χ1v) is 7.06. The molecule has 0 aromatic carbocycles. The van der Waals surface area contributed by atoms with Crippen molar-refractivity contribution < 1.29 is 14.0 Å². The molecular weight excluding hydrogens is 199 g/mol. The topological polar surface area (TPSA) is 46.5 Å². The molecule has 0 saturated carbocycles. The SMILES string of the molecule is CC(C)CCCP(=O)(O)OCC(C)C. The molecule has 0 radical (unpaired) electrons. The minimum atomic E-state index is -3.30. The van der Waals surface area contributed by atoms with Crippen molar-refractivity contribution in [1.82, 2.24) is 0 Å². The van der Waals surface area contributed by atoms with Crippen molar-refractivity contribution in [2.45, 2.75) is 40.5 Å². The Labute approximate surface area is 87.4 Å². The molecule has 14 heavy (non-hydrogen) atoms. The van der Waals surface area contributed by atoms with Gasteiger partial charge in [0.25, 0.3) is 0 Å². The molecule has 0 heterocycles. The molecule has 0 rings (SSSR count). The minimum Gasteiger partial charge on any atom is -0.324 e. The summed E-state index contributed by atoms with van der Waals surface area (Å²) in [4.78, 5) is 9.41. The zero-order chi connectivity index (χ0) is 11.2. The van der Waals surface area contributed by atoms with Crippen molar-refractivity contribution in [1.29, 1.82) is 0 Å². The van der Waals surface area contributed by atoms with Crippen LogP contribution < -0.4 is 0 Å². The predicted octanol–water partition coefficient (Wildman–Crippen LogP) is 3.28. The molecule has 1 unspecified atom stereocenters. The van der Waals surface area contributed by atoms with Crippen molar-refractivity contribution >= 4 is 7.60 Å². The lowest BCUT2D eigenvalue weighted by atomic mass is 10.1. The summed E-state index contributed by atoms with van der Waals surface area (Å²) in [6, 6.07) is 0. The van der Waals surface area contributed by atoms with E-state index in [0.717, 1.165) is 12.8 Å². The Morgan fingerprint density at radius 3 is 2.21 bits per heavy atom. The summed E-state index contributed by atoms with van der Waals surface area (Å²) < 4.78 is 16.4. The highest BCUT2D eigenvalue weighted by molar-refractivity contribution is 7.52. The van der Waals surface area contributed by atoms with E-state index in [2.05, 4.69) is 13.8 Å². The van der Waals surface area contributed by atoms with Crippen LogP contribution in [0.1, 0.15) is 40.5 Å². The van der Waals surface area contributed by atoms with Gasteiger partial charge in [-0.15, -0.1) is 0 Å². The van der Waals surface area contributed by atoms with Crippen molar-refractivity contribution in [2.75, 3.05) is 12.8 Å². The van der Waals surface area contributed by atoms with Gasteiger partial charge < -0.3 is 9.42 Å². The van der Waals surface area contributed by atoms with E-state index in [1.54, 1.807) is 0 Å². The molecule has 0 spiro atoms. The third-order valence-corrected chi connectivity index (χ3v) is 3.27. The monoisotopic (exact) mass is 222 g/mol. The van der Waals surface area contributed by atoms with E-state index >= 15 is 0 Å². The minimum absolute atomic E-state index is 0.290. The third kappa shape index (κ3) is 8.74. The van der Waals surface area contributed by atoms with E-state index in [4.69, 9.17) is 4.52 Å². The van der Waals surface area contributed by atoms with Gasteiger partial charge in [-0.25, -0.2) is 0 Å². The van der Waals surface area contributed by atoms with Gasteiger partial charge in [-0.3, -0.25) is 4.57 Å². The molecule has 0 fully saturated rings. The summed E-state index contributed by atoms with van der Waals surface area (Å²) in [5.41, 5.74) is 0. The Morgan fingerprint density at radius 2 is 1.79 bits per heavy atom. The Morgan fingerprint density at radius 1 is 1.21 bits per heavy atom. The van der Waals surface area contributed by atoms with Crippen LogP contribution in [0.4, 0.5) is 0 Å². The fourth-order valence-corrected chi connectivity index (χ4v) is 2.27. The Hall–Kier alpha value is 0.150. The smallest absolute Gasteiger partial charge is 0.324 e. The van der Waals surface area contributed by atoms with E-state index in [1.165, 1.54) is 0 Å². The Kier molecular flexibility index (Phi) is 6.67. The standard InChI is InChI=1S/C10H23O3P/c1-9(2)6-5-7-14(11,12)13-8-10(3)4/h9-10H,5-8H2,1-4H3,(H,11,12). The van der Waals surface area contributed by atoms with E-state index in [0.29, 0.717) is 18.4 Å². The first-order chi connectivity index (χ1) is 6.33. The van der Waals surface area contributed by atoms with Crippen LogP contribution in [0.25, 0.3) is 0 Å². The summed E-state index contributed by atoms with van der Waals surface area (Å²) >= 11 is 0. The molecule has 0 aromatic rings. The van der Waals surface area contributed by atoms with Crippen molar-refractivity contribution in [3.8, 4) is 0 Å². The van der Waals surface area contributed by atoms with Crippen molar-refractivity contribution in [2.24, 2.45) is 11.8 Å². The zero-order valence-electron chi connectivity index (χ0n) is 9.69. The highest BCUT2D eigenvalue weighted by Gasteiger charge is 2.19. The van der Waals surface area contributed by atoms with Gasteiger partial charge in [0.15, 0.2) is 0 Å². The summed E-state index contributed by atoms with van der Waals surface area (Å²) in [7, 11) is -3.30. The maximum Gasteiger partial charge on any atom is 0.328 e. The van der Waals surface area contributed by atoms with Crippen LogP contribution in [0, 0.1) is 11.8 Å². The number of hydrogen-bond donors (Lipinski definition) is 1. The maximum absolute atomic E-state index is 11.4. The van der Waals surface area contributed by atoms with Crippen LogP contribution in [0.3, 0.4) is 0 Å². The predicted molar refractivity (Wildman–Crippen MR) is 59.6 cm³/mol. The van der Waals surface area contributed by atoms with Gasteiger partial charge in [-0.1, -0.05) is 34.1 Å². The second-order valence-electron chi connectivity index (χ2n) is 4.59. The summed E-state index contributed by atoms with van der Waals surface area (Å²) in [6.07, 6.45) is 2.04. The van der Waals surface area contributed by atoms with Crippen LogP contribution in [-0.4, -0.2) is 17.7 Å². The molecule has 0 bridgehead atoms. The average molecular weight is 222 g/mol. The molecule has 4 heteroatoms. The summed E-state index contributed by atoms with van der Waals surface area (Å²) in [6.45, 7) is 8.52. The molecule has 3 nitrogen and oxygen atoms in total. The van der Waals surface area contributed by atoms with E-state index in [1.807, 2.05) is 13.8 Å². The van der Waals surface area contributed by atoms with E-state index < -0.39 is 7.60 Å². The lowest BCUT2D eigenvalue weighted by Crippen LogP contribution is -2.03. The fraction of sp³-hybridized carbons (Fsp3) is 1.00. The van der Waals surface area contributed by atoms with Gasteiger partial charge in [0.05, 0.1) is 6.61 Å². The first-order valence-electron chi connectivity index (χ1n) is 5.30. The molecule has 0 aliphatic heterocycles. The highest BCUT2D eigenvalue weighted by atomic mass is 31.2. The normalized spacial score (nSPS) is 16.2. The molecule has 1 N–H and O–H groups in total. The van der Waals surface area contributed by atoms with Gasteiger partial charge in [-0.2, -0.15) is 0 Å². The molecule has 1 atom stereocenters. The summed E-state index contributed by atoms with van der Waals surface area (Å²) in [5, 5.41) is 0. The third-order valence-electron chi connectivity index (χ3n) is 1.83. The second kappa shape index (κ2) is 6.60. The fourth-order valence-electron chi connectivity index (χ4n) is 1.03. The summed E-state index contributed by atoms with van der Waals surface area (Å²) in [5.74, 6) is 0.890. The molecule has 0 aliphatic carbocycles. The van der Waals surface area contributed by atoms with Gasteiger partial charge in [0.2, 0.25) is 0 Å². The molecule has 0 amide bonds. The molecule has 0 aromatic heterocycles. The average Bonchev–Trinajstić information content (AvgIpc) is 2.00. The molecule has 86 valence electrons. The van der Waals surface area contributed by atoms with Gasteiger partial charge in [-0.05, 0) is 18.3 Å². The zero-order valence-corrected chi connectivity index (χ0v) is 10.6. The highest BCUT2D eigenvalue weighted by Crippen LogP contribution is 2.43. The van der Waals surface area contributed by atoms with Crippen LogP contribution in [0.15, 0.2) is 0 Å².